The van der Waals surface area contributed by atoms with Crippen LogP contribution in [-0.4, -0.2) is 29.1 Å². The summed E-state index contributed by atoms with van der Waals surface area (Å²) >= 11 is 0. The van der Waals surface area contributed by atoms with Gasteiger partial charge in [-0.05, 0) is 37.8 Å². The molecule has 1 aliphatic carbocycles. The molecule has 4 rings (SSSR count). The van der Waals surface area contributed by atoms with E-state index in [1.165, 1.54) is 12.4 Å². The molecule has 26 heavy (non-hydrogen) atoms. The van der Waals surface area contributed by atoms with Crippen molar-refractivity contribution in [2.75, 3.05) is 18.0 Å². The third-order valence-corrected chi connectivity index (χ3v) is 5.87. The first kappa shape index (κ1) is 17.2. The molecule has 138 valence electrons. The minimum absolute atomic E-state index is 0.0764. The number of Topliss-reactive ketones (excluding diaryl/α,β-unsaturated/α-hetero) is 1. The predicted molar refractivity (Wildman–Crippen MR) is 95.8 cm³/mol. The molecule has 0 bridgehead atoms. The van der Waals surface area contributed by atoms with Gasteiger partial charge < -0.3 is 4.90 Å². The van der Waals surface area contributed by atoms with Crippen molar-refractivity contribution in [3.8, 4) is 11.1 Å². The average molecular weight is 359 g/mol. The van der Waals surface area contributed by atoms with E-state index in [1.54, 1.807) is 12.1 Å². The molecule has 2 aliphatic rings. The molecule has 2 aromatic rings. The van der Waals surface area contributed by atoms with Crippen molar-refractivity contribution in [3.63, 3.8) is 0 Å². The van der Waals surface area contributed by atoms with Gasteiger partial charge in [0.15, 0.2) is 11.6 Å². The van der Waals surface area contributed by atoms with Gasteiger partial charge in [-0.3, -0.25) is 9.89 Å². The van der Waals surface area contributed by atoms with E-state index in [0.29, 0.717) is 24.4 Å². The van der Waals surface area contributed by atoms with Crippen LogP contribution in [0, 0.1) is 23.5 Å². The Labute approximate surface area is 151 Å². The zero-order valence-electron chi connectivity index (χ0n) is 14.7. The Hall–Kier alpha value is -2.24. The molecule has 6 heteroatoms. The lowest BCUT2D eigenvalue weighted by atomic mass is 9.85. The molecule has 1 N–H and O–H groups in total. The molecule has 1 aromatic heterocycles. The number of nitrogens with one attached hydrogen (secondary N) is 1. The molecular weight excluding hydrogens is 336 g/mol. The number of ketones is 1. The van der Waals surface area contributed by atoms with Gasteiger partial charge in [-0.25, -0.2) is 8.78 Å². The fourth-order valence-corrected chi connectivity index (χ4v) is 4.35. The highest BCUT2D eigenvalue weighted by Crippen LogP contribution is 2.34. The van der Waals surface area contributed by atoms with Gasteiger partial charge in [0, 0.05) is 42.2 Å². The Balaban J connectivity index is 1.46. The maximum atomic E-state index is 14.6. The Kier molecular flexibility index (Phi) is 4.74. The van der Waals surface area contributed by atoms with Crippen molar-refractivity contribution in [1.29, 1.82) is 0 Å². The van der Waals surface area contributed by atoms with E-state index >= 15 is 0 Å². The molecule has 4 nitrogen and oxygen atoms in total. The Morgan fingerprint density at radius 1 is 1.04 bits per heavy atom. The molecule has 0 radical (unpaired) electrons. The standard InChI is InChI=1S/C20H23F2N3O/c21-18-16(15-11-23-24-12-15)5-6-17(19(18)22)25-9-7-14(8-10-25)20(26)13-3-1-2-4-13/h5-6,11-14H,1-4,7-10H2,(H,23,24). The third-order valence-electron chi connectivity index (χ3n) is 5.87. The lowest BCUT2D eigenvalue weighted by Gasteiger charge is -2.34. The normalized spacial score (nSPS) is 19.2. The molecule has 0 amide bonds. The summed E-state index contributed by atoms with van der Waals surface area (Å²) in [4.78, 5) is 14.4. The van der Waals surface area contributed by atoms with Gasteiger partial charge in [0.1, 0.15) is 5.78 Å². The number of anilines is 1. The quantitative estimate of drug-likeness (QED) is 0.884. The van der Waals surface area contributed by atoms with Crippen molar-refractivity contribution >= 4 is 11.5 Å². The zero-order chi connectivity index (χ0) is 18.1. The maximum Gasteiger partial charge on any atom is 0.182 e. The van der Waals surface area contributed by atoms with Gasteiger partial charge in [0.05, 0.1) is 11.9 Å². The highest BCUT2D eigenvalue weighted by atomic mass is 19.2. The zero-order valence-corrected chi connectivity index (χ0v) is 14.7. The van der Waals surface area contributed by atoms with Crippen molar-refractivity contribution in [2.45, 2.75) is 38.5 Å². The van der Waals surface area contributed by atoms with Crippen LogP contribution in [0.25, 0.3) is 11.1 Å². The number of hydrogen-bond donors (Lipinski definition) is 1. The van der Waals surface area contributed by atoms with E-state index in [4.69, 9.17) is 0 Å². The first-order valence-corrected chi connectivity index (χ1v) is 9.41. The topological polar surface area (TPSA) is 49.0 Å². The van der Waals surface area contributed by atoms with Crippen LogP contribution in [0.15, 0.2) is 24.5 Å². The van der Waals surface area contributed by atoms with Gasteiger partial charge >= 0.3 is 0 Å². The number of H-pyrrole nitrogens is 1. The van der Waals surface area contributed by atoms with Crippen LogP contribution in [0.4, 0.5) is 14.5 Å². The SMILES string of the molecule is O=C(C1CCCC1)C1CCN(c2ccc(-c3cn[nH]c3)c(F)c2F)CC1. The van der Waals surface area contributed by atoms with Crippen LogP contribution in [0.5, 0.6) is 0 Å². The predicted octanol–water partition coefficient (Wildman–Crippen LogP) is 4.33. The smallest absolute Gasteiger partial charge is 0.182 e. The summed E-state index contributed by atoms with van der Waals surface area (Å²) < 4.78 is 29.1. The molecule has 1 aliphatic heterocycles. The number of hydrogen-bond acceptors (Lipinski definition) is 3. The van der Waals surface area contributed by atoms with Crippen molar-refractivity contribution < 1.29 is 13.6 Å². The molecule has 2 fully saturated rings. The molecule has 0 spiro atoms. The number of piperidine rings is 1. The van der Waals surface area contributed by atoms with Crippen molar-refractivity contribution in [3.05, 3.63) is 36.2 Å². The van der Waals surface area contributed by atoms with Gasteiger partial charge in [-0.1, -0.05) is 12.8 Å². The van der Waals surface area contributed by atoms with E-state index < -0.39 is 11.6 Å². The molecule has 1 saturated carbocycles. The highest BCUT2D eigenvalue weighted by Gasteiger charge is 2.32. The monoisotopic (exact) mass is 359 g/mol. The summed E-state index contributed by atoms with van der Waals surface area (Å²) in [5, 5.41) is 6.39. The number of carbonyl (C=O) groups excluding carboxylic acids is 1. The first-order valence-electron chi connectivity index (χ1n) is 9.41. The number of aromatic nitrogens is 2. The largest absolute Gasteiger partial charge is 0.369 e. The summed E-state index contributed by atoms with van der Waals surface area (Å²) in [6, 6.07) is 3.22. The fraction of sp³-hybridized carbons (Fsp3) is 0.500. The molecule has 1 aromatic carbocycles. The van der Waals surface area contributed by atoms with E-state index in [2.05, 4.69) is 10.2 Å². The lowest BCUT2D eigenvalue weighted by Crippen LogP contribution is -2.38. The van der Waals surface area contributed by atoms with Gasteiger partial charge in [0.2, 0.25) is 0 Å². The van der Waals surface area contributed by atoms with Crippen molar-refractivity contribution in [1.82, 2.24) is 10.2 Å². The number of nitrogens with zero attached hydrogens (tertiary/aromatic N) is 2. The summed E-state index contributed by atoms with van der Waals surface area (Å²) in [6.07, 6.45) is 8.81. The Morgan fingerprint density at radius 3 is 2.38 bits per heavy atom. The van der Waals surface area contributed by atoms with Crippen LogP contribution in [0.1, 0.15) is 38.5 Å². The maximum absolute atomic E-state index is 14.6. The van der Waals surface area contributed by atoms with Gasteiger partial charge in [0.25, 0.3) is 0 Å². The van der Waals surface area contributed by atoms with Crippen LogP contribution in [0.2, 0.25) is 0 Å². The van der Waals surface area contributed by atoms with Crippen LogP contribution in [0.3, 0.4) is 0 Å². The van der Waals surface area contributed by atoms with E-state index in [0.717, 1.165) is 38.5 Å². The molecule has 0 atom stereocenters. The summed E-state index contributed by atoms with van der Waals surface area (Å²) in [6.45, 7) is 1.18. The second kappa shape index (κ2) is 7.17. The number of carbonyl (C=O) groups is 1. The Morgan fingerprint density at radius 2 is 1.73 bits per heavy atom. The van der Waals surface area contributed by atoms with E-state index in [9.17, 15) is 13.6 Å². The molecule has 2 heterocycles. The van der Waals surface area contributed by atoms with Gasteiger partial charge in [-0.2, -0.15) is 5.10 Å². The van der Waals surface area contributed by atoms with Crippen LogP contribution < -0.4 is 4.90 Å². The van der Waals surface area contributed by atoms with Crippen LogP contribution >= 0.6 is 0 Å². The highest BCUT2D eigenvalue weighted by molar-refractivity contribution is 5.84. The molecule has 0 unspecified atom stereocenters. The first-order chi connectivity index (χ1) is 12.6. The third kappa shape index (κ3) is 3.13. The number of aromatic amines is 1. The summed E-state index contributed by atoms with van der Waals surface area (Å²) in [5.41, 5.74) is 1.00. The van der Waals surface area contributed by atoms with E-state index in [-0.39, 0.29) is 23.1 Å². The number of halogens is 2. The average Bonchev–Trinajstić information content (AvgIpc) is 3.37. The summed E-state index contributed by atoms with van der Waals surface area (Å²) in [5.74, 6) is -0.983. The molecular formula is C20H23F2N3O. The minimum Gasteiger partial charge on any atom is -0.369 e. The minimum atomic E-state index is -0.854. The molecule has 1 saturated heterocycles. The second-order valence-electron chi connectivity index (χ2n) is 7.39. The summed E-state index contributed by atoms with van der Waals surface area (Å²) in [7, 11) is 0. The van der Waals surface area contributed by atoms with Crippen LogP contribution in [-0.2, 0) is 4.79 Å². The number of rotatable bonds is 4. The lowest BCUT2D eigenvalue weighted by molar-refractivity contribution is -0.127. The number of benzene rings is 1. The van der Waals surface area contributed by atoms with E-state index in [1.807, 2.05) is 4.90 Å². The Bertz CT molecular complexity index is 777. The van der Waals surface area contributed by atoms with Crippen molar-refractivity contribution in [2.24, 2.45) is 11.8 Å². The van der Waals surface area contributed by atoms with Gasteiger partial charge in [-0.15, -0.1) is 0 Å². The fourth-order valence-electron chi connectivity index (χ4n) is 4.35. The second-order valence-corrected chi connectivity index (χ2v) is 7.39.